The van der Waals surface area contributed by atoms with Gasteiger partial charge >= 0.3 is 0 Å². The first-order chi connectivity index (χ1) is 8.31. The number of rotatable bonds is 2. The minimum Gasteiger partial charge on any atom is -0.314 e. The van der Waals surface area contributed by atoms with Gasteiger partial charge in [-0.15, -0.1) is 0 Å². The molecule has 0 spiro atoms. The molecule has 0 amide bonds. The Balaban J connectivity index is 2.08. The molecular weight excluding hydrogens is 248 g/mol. The van der Waals surface area contributed by atoms with Gasteiger partial charge in [-0.3, -0.25) is 4.90 Å². The quantitative estimate of drug-likeness (QED) is 0.817. The number of nitrogens with zero attached hydrogens (tertiary/aromatic N) is 1. The van der Waals surface area contributed by atoms with E-state index in [-0.39, 0.29) is 10.8 Å². The number of sulfone groups is 1. The summed E-state index contributed by atoms with van der Waals surface area (Å²) < 4.78 is 23.5. The second kappa shape index (κ2) is 5.10. The Labute approximate surface area is 111 Å². The molecule has 5 heteroatoms. The molecule has 1 aliphatic carbocycles. The molecule has 106 valence electrons. The average Bonchev–Trinajstić information content (AvgIpc) is 2.27. The number of hydrogen-bond donors (Lipinski definition) is 1. The van der Waals surface area contributed by atoms with Crippen molar-refractivity contribution in [2.45, 2.75) is 56.4 Å². The minimum absolute atomic E-state index is 0.123. The standard InChI is InChI=1S/C13H26N2O2S/c1-13(2)10-14-7-8-15(13)11-5-4-6-12(9-11)18(3,16)17/h11-12,14H,4-10H2,1-3H3. The molecule has 1 saturated carbocycles. The van der Waals surface area contributed by atoms with Crippen molar-refractivity contribution in [3.63, 3.8) is 0 Å². The van der Waals surface area contributed by atoms with Gasteiger partial charge in [0.25, 0.3) is 0 Å². The van der Waals surface area contributed by atoms with E-state index in [1.54, 1.807) is 0 Å². The fourth-order valence-electron chi connectivity index (χ4n) is 3.47. The minimum atomic E-state index is -2.88. The second-order valence-corrected chi connectivity index (χ2v) is 8.78. The van der Waals surface area contributed by atoms with E-state index < -0.39 is 9.84 Å². The maximum Gasteiger partial charge on any atom is 0.150 e. The molecule has 2 unspecified atom stereocenters. The van der Waals surface area contributed by atoms with Crippen molar-refractivity contribution < 1.29 is 8.42 Å². The molecule has 1 N–H and O–H groups in total. The van der Waals surface area contributed by atoms with Crippen molar-refractivity contribution in [3.05, 3.63) is 0 Å². The fourth-order valence-corrected chi connectivity index (χ4v) is 4.63. The van der Waals surface area contributed by atoms with E-state index in [0.29, 0.717) is 6.04 Å². The molecule has 2 aliphatic rings. The molecule has 4 nitrogen and oxygen atoms in total. The lowest BCUT2D eigenvalue weighted by Gasteiger charge is -2.49. The van der Waals surface area contributed by atoms with Gasteiger partial charge in [-0.1, -0.05) is 6.42 Å². The summed E-state index contributed by atoms with van der Waals surface area (Å²) in [5.41, 5.74) is 0.141. The molecule has 2 rings (SSSR count). The molecule has 2 atom stereocenters. The Bertz CT molecular complexity index is 392. The van der Waals surface area contributed by atoms with Crippen molar-refractivity contribution in [2.24, 2.45) is 0 Å². The van der Waals surface area contributed by atoms with E-state index in [1.165, 1.54) is 6.26 Å². The lowest BCUT2D eigenvalue weighted by molar-refractivity contribution is 0.0293. The highest BCUT2D eigenvalue weighted by Crippen LogP contribution is 2.31. The number of piperazine rings is 1. The number of hydrogen-bond acceptors (Lipinski definition) is 4. The molecule has 1 aliphatic heterocycles. The zero-order valence-electron chi connectivity index (χ0n) is 11.8. The molecule has 2 fully saturated rings. The molecular formula is C13H26N2O2S. The third-order valence-corrected chi connectivity index (χ3v) is 6.15. The third-order valence-electron chi connectivity index (χ3n) is 4.51. The van der Waals surface area contributed by atoms with Gasteiger partial charge in [0.2, 0.25) is 0 Å². The molecule has 18 heavy (non-hydrogen) atoms. The van der Waals surface area contributed by atoms with Crippen LogP contribution in [0.3, 0.4) is 0 Å². The first-order valence-electron chi connectivity index (χ1n) is 6.97. The van der Waals surface area contributed by atoms with Crippen molar-refractivity contribution in [1.29, 1.82) is 0 Å². The fraction of sp³-hybridized carbons (Fsp3) is 1.00. The smallest absolute Gasteiger partial charge is 0.150 e. The van der Waals surface area contributed by atoms with Crippen LogP contribution in [0, 0.1) is 0 Å². The monoisotopic (exact) mass is 274 g/mol. The predicted molar refractivity (Wildman–Crippen MR) is 74.5 cm³/mol. The lowest BCUT2D eigenvalue weighted by Crippen LogP contribution is -2.62. The van der Waals surface area contributed by atoms with Crippen LogP contribution in [0.2, 0.25) is 0 Å². The maximum atomic E-state index is 11.7. The van der Waals surface area contributed by atoms with Gasteiger partial charge in [0.15, 0.2) is 0 Å². The van der Waals surface area contributed by atoms with Crippen LogP contribution in [0.4, 0.5) is 0 Å². The van der Waals surface area contributed by atoms with Gasteiger partial charge < -0.3 is 5.32 Å². The van der Waals surface area contributed by atoms with Gasteiger partial charge in [-0.25, -0.2) is 8.42 Å². The Kier molecular flexibility index (Phi) is 4.04. The predicted octanol–water partition coefficient (Wildman–Crippen LogP) is 1.03. The average molecular weight is 274 g/mol. The van der Waals surface area contributed by atoms with Crippen LogP contribution in [0.15, 0.2) is 0 Å². The van der Waals surface area contributed by atoms with Gasteiger partial charge in [-0.2, -0.15) is 0 Å². The van der Waals surface area contributed by atoms with E-state index in [1.807, 2.05) is 0 Å². The Morgan fingerprint density at radius 1 is 1.28 bits per heavy atom. The van der Waals surface area contributed by atoms with Crippen LogP contribution in [0.5, 0.6) is 0 Å². The molecule has 1 heterocycles. The first kappa shape index (κ1) is 14.3. The van der Waals surface area contributed by atoms with E-state index in [4.69, 9.17) is 0 Å². The lowest BCUT2D eigenvalue weighted by atomic mass is 9.88. The Morgan fingerprint density at radius 2 is 2.00 bits per heavy atom. The van der Waals surface area contributed by atoms with Crippen LogP contribution < -0.4 is 5.32 Å². The second-order valence-electron chi connectivity index (χ2n) is 6.45. The zero-order valence-corrected chi connectivity index (χ0v) is 12.6. The zero-order chi connectivity index (χ0) is 13.4. The van der Waals surface area contributed by atoms with Crippen LogP contribution in [0.1, 0.15) is 39.5 Å². The summed E-state index contributed by atoms with van der Waals surface area (Å²) in [5.74, 6) is 0. The van der Waals surface area contributed by atoms with E-state index >= 15 is 0 Å². The van der Waals surface area contributed by atoms with Gasteiger partial charge in [-0.05, 0) is 33.1 Å². The van der Waals surface area contributed by atoms with Crippen LogP contribution in [-0.2, 0) is 9.84 Å². The van der Waals surface area contributed by atoms with Gasteiger partial charge in [0, 0.05) is 37.5 Å². The van der Waals surface area contributed by atoms with Crippen LogP contribution in [0.25, 0.3) is 0 Å². The molecule has 0 radical (unpaired) electrons. The van der Waals surface area contributed by atoms with Crippen LogP contribution >= 0.6 is 0 Å². The first-order valence-corrected chi connectivity index (χ1v) is 8.92. The molecule has 1 saturated heterocycles. The molecule has 0 aromatic rings. The highest BCUT2D eigenvalue weighted by atomic mass is 32.2. The highest BCUT2D eigenvalue weighted by molar-refractivity contribution is 7.91. The SMILES string of the molecule is CC1(C)CNCCN1C1CCCC(S(C)(=O)=O)C1. The van der Waals surface area contributed by atoms with Gasteiger partial charge in [0.05, 0.1) is 5.25 Å². The van der Waals surface area contributed by atoms with Crippen LogP contribution in [-0.4, -0.2) is 56.0 Å². The largest absolute Gasteiger partial charge is 0.314 e. The van der Waals surface area contributed by atoms with E-state index in [9.17, 15) is 8.42 Å². The van der Waals surface area contributed by atoms with Crippen molar-refractivity contribution in [3.8, 4) is 0 Å². The highest BCUT2D eigenvalue weighted by Gasteiger charge is 2.38. The Morgan fingerprint density at radius 3 is 2.61 bits per heavy atom. The number of nitrogens with one attached hydrogen (secondary N) is 1. The summed E-state index contributed by atoms with van der Waals surface area (Å²) >= 11 is 0. The van der Waals surface area contributed by atoms with Crippen molar-refractivity contribution in [2.75, 3.05) is 25.9 Å². The van der Waals surface area contributed by atoms with E-state index in [0.717, 1.165) is 45.3 Å². The summed E-state index contributed by atoms with van der Waals surface area (Å²) in [5, 5.41) is 3.30. The summed E-state index contributed by atoms with van der Waals surface area (Å²) in [6, 6.07) is 0.440. The summed E-state index contributed by atoms with van der Waals surface area (Å²) in [7, 11) is -2.88. The summed E-state index contributed by atoms with van der Waals surface area (Å²) in [4.78, 5) is 2.53. The maximum absolute atomic E-state index is 11.7. The van der Waals surface area contributed by atoms with Gasteiger partial charge in [0.1, 0.15) is 9.84 Å². The Hall–Kier alpha value is -0.130. The molecule has 0 bridgehead atoms. The van der Waals surface area contributed by atoms with E-state index in [2.05, 4.69) is 24.1 Å². The van der Waals surface area contributed by atoms with Crippen molar-refractivity contribution >= 4 is 9.84 Å². The van der Waals surface area contributed by atoms with Crippen molar-refractivity contribution in [1.82, 2.24) is 10.2 Å². The third kappa shape index (κ3) is 3.06. The molecule has 0 aromatic carbocycles. The summed E-state index contributed by atoms with van der Waals surface area (Å²) in [6.45, 7) is 7.55. The molecule has 0 aromatic heterocycles. The summed E-state index contributed by atoms with van der Waals surface area (Å²) in [6.07, 6.45) is 5.25. The normalized spacial score (nSPS) is 34.4. The topological polar surface area (TPSA) is 49.4 Å².